The Bertz CT molecular complexity index is 984. The first-order valence-electron chi connectivity index (χ1n) is 9.62. The fourth-order valence-electron chi connectivity index (χ4n) is 3.41. The van der Waals surface area contributed by atoms with Crippen molar-refractivity contribution in [1.29, 1.82) is 5.26 Å². The Morgan fingerprint density at radius 1 is 1.14 bits per heavy atom. The second kappa shape index (κ2) is 8.38. The van der Waals surface area contributed by atoms with Crippen LogP contribution in [0.5, 0.6) is 5.88 Å². The van der Waals surface area contributed by atoms with E-state index in [0.29, 0.717) is 18.1 Å². The molecule has 0 unspecified atom stereocenters. The average Bonchev–Trinajstić information content (AvgIpc) is 3.16. The first-order valence-corrected chi connectivity index (χ1v) is 9.62. The van der Waals surface area contributed by atoms with Gasteiger partial charge in [-0.1, -0.05) is 12.1 Å². The smallest absolute Gasteiger partial charge is 0.231 e. The number of hydrogen-bond donors (Lipinski definition) is 0. The minimum atomic E-state index is 0.585. The van der Waals surface area contributed by atoms with Gasteiger partial charge in [-0.25, -0.2) is 9.50 Å². The summed E-state index contributed by atoms with van der Waals surface area (Å²) in [7, 11) is 2.17. The van der Waals surface area contributed by atoms with Crippen LogP contribution < -0.4 is 4.74 Å². The number of benzene rings is 1. The van der Waals surface area contributed by atoms with Crippen LogP contribution in [0.3, 0.4) is 0 Å². The number of rotatable bonds is 6. The molecular weight excluding hydrogens is 352 g/mol. The molecule has 0 radical (unpaired) electrons. The molecule has 0 amide bonds. The number of hydrogen-bond acceptors (Lipinski definition) is 6. The van der Waals surface area contributed by atoms with E-state index >= 15 is 0 Å². The van der Waals surface area contributed by atoms with Gasteiger partial charge in [0.2, 0.25) is 5.88 Å². The molecule has 1 aromatic carbocycles. The van der Waals surface area contributed by atoms with Crippen LogP contribution in [-0.4, -0.2) is 70.8 Å². The Balaban J connectivity index is 1.41. The van der Waals surface area contributed by atoms with Gasteiger partial charge in [-0.15, -0.1) is 5.10 Å². The Morgan fingerprint density at radius 3 is 2.82 bits per heavy atom. The summed E-state index contributed by atoms with van der Waals surface area (Å²) in [5.74, 6) is 0.585. The fourth-order valence-corrected chi connectivity index (χ4v) is 3.41. The SMILES string of the molecule is CN1CCN(CCCOc2ccc3ncc(-c4cccc(C#N)c4)n3n2)CC1. The van der Waals surface area contributed by atoms with Crippen LogP contribution in [0.2, 0.25) is 0 Å². The molecule has 7 heteroatoms. The minimum absolute atomic E-state index is 0.585. The van der Waals surface area contributed by atoms with E-state index in [1.807, 2.05) is 30.3 Å². The lowest BCUT2D eigenvalue weighted by atomic mass is 10.1. The van der Waals surface area contributed by atoms with Gasteiger partial charge in [-0.05, 0) is 31.7 Å². The number of aromatic nitrogens is 3. The van der Waals surface area contributed by atoms with Crippen LogP contribution in [0.15, 0.2) is 42.6 Å². The van der Waals surface area contributed by atoms with E-state index in [1.54, 1.807) is 16.8 Å². The summed E-state index contributed by atoms with van der Waals surface area (Å²) in [6, 6.07) is 13.4. The Hall–Kier alpha value is -2.95. The lowest BCUT2D eigenvalue weighted by Crippen LogP contribution is -2.44. The molecule has 1 aliphatic rings. The topological polar surface area (TPSA) is 69.7 Å². The second-order valence-corrected chi connectivity index (χ2v) is 7.12. The van der Waals surface area contributed by atoms with Gasteiger partial charge in [-0.3, -0.25) is 0 Å². The third-order valence-electron chi connectivity index (χ3n) is 5.09. The molecule has 0 spiro atoms. The third-order valence-corrected chi connectivity index (χ3v) is 5.09. The normalized spacial score (nSPS) is 15.6. The summed E-state index contributed by atoms with van der Waals surface area (Å²) < 4.78 is 7.65. The number of nitrogens with zero attached hydrogens (tertiary/aromatic N) is 6. The highest BCUT2D eigenvalue weighted by molar-refractivity contribution is 5.64. The zero-order valence-electron chi connectivity index (χ0n) is 16.1. The maximum Gasteiger partial charge on any atom is 0.231 e. The molecule has 0 N–H and O–H groups in total. The van der Waals surface area contributed by atoms with Gasteiger partial charge in [0.1, 0.15) is 0 Å². The molecule has 7 nitrogen and oxygen atoms in total. The maximum atomic E-state index is 9.13. The lowest BCUT2D eigenvalue weighted by Gasteiger charge is -2.32. The van der Waals surface area contributed by atoms with Crippen molar-refractivity contribution in [3.63, 3.8) is 0 Å². The van der Waals surface area contributed by atoms with Crippen molar-refractivity contribution in [2.45, 2.75) is 6.42 Å². The Morgan fingerprint density at radius 2 is 2.00 bits per heavy atom. The number of likely N-dealkylation sites (N-methyl/N-ethyl adjacent to an activating group) is 1. The molecule has 0 atom stereocenters. The Kier molecular flexibility index (Phi) is 5.51. The number of nitriles is 1. The van der Waals surface area contributed by atoms with Crippen LogP contribution in [0.25, 0.3) is 16.9 Å². The molecule has 4 rings (SSSR count). The Labute approximate surface area is 164 Å². The van der Waals surface area contributed by atoms with Crippen LogP contribution in [0.1, 0.15) is 12.0 Å². The highest BCUT2D eigenvalue weighted by atomic mass is 16.5. The van der Waals surface area contributed by atoms with Crippen LogP contribution in [-0.2, 0) is 0 Å². The largest absolute Gasteiger partial charge is 0.477 e. The first-order chi connectivity index (χ1) is 13.7. The number of imidazole rings is 1. The summed E-state index contributed by atoms with van der Waals surface area (Å²) >= 11 is 0. The average molecular weight is 376 g/mol. The van der Waals surface area contributed by atoms with Crippen molar-refractivity contribution in [3.8, 4) is 23.2 Å². The van der Waals surface area contributed by atoms with E-state index in [2.05, 4.69) is 33.0 Å². The summed E-state index contributed by atoms with van der Waals surface area (Å²) in [4.78, 5) is 9.25. The van der Waals surface area contributed by atoms with E-state index in [-0.39, 0.29) is 0 Å². The molecule has 0 saturated carbocycles. The van der Waals surface area contributed by atoms with E-state index in [9.17, 15) is 0 Å². The molecule has 1 aliphatic heterocycles. The van der Waals surface area contributed by atoms with E-state index < -0.39 is 0 Å². The van der Waals surface area contributed by atoms with Crippen molar-refractivity contribution in [1.82, 2.24) is 24.4 Å². The van der Waals surface area contributed by atoms with Gasteiger partial charge in [0, 0.05) is 44.4 Å². The maximum absolute atomic E-state index is 9.13. The highest BCUT2D eigenvalue weighted by Gasteiger charge is 2.13. The molecular formula is C21H24N6O. The molecule has 1 saturated heterocycles. The summed E-state index contributed by atoms with van der Waals surface area (Å²) in [5.41, 5.74) is 3.12. The molecule has 0 aliphatic carbocycles. The van der Waals surface area contributed by atoms with Gasteiger partial charge in [0.05, 0.1) is 30.1 Å². The number of piperazine rings is 1. The van der Waals surface area contributed by atoms with Gasteiger partial charge in [0.15, 0.2) is 5.65 Å². The van der Waals surface area contributed by atoms with Crippen molar-refractivity contribution in [3.05, 3.63) is 48.2 Å². The quantitative estimate of drug-likeness (QED) is 0.615. The zero-order chi connectivity index (χ0) is 19.3. The summed E-state index contributed by atoms with van der Waals surface area (Å²) in [5, 5.41) is 13.7. The molecule has 3 heterocycles. The number of fused-ring (bicyclic) bond motifs is 1. The van der Waals surface area contributed by atoms with Crippen LogP contribution in [0, 0.1) is 11.3 Å². The summed E-state index contributed by atoms with van der Waals surface area (Å²) in [6.45, 7) is 6.21. The van der Waals surface area contributed by atoms with Gasteiger partial charge < -0.3 is 14.5 Å². The van der Waals surface area contributed by atoms with Gasteiger partial charge >= 0.3 is 0 Å². The van der Waals surface area contributed by atoms with E-state index in [1.165, 1.54) is 0 Å². The molecule has 0 bridgehead atoms. The van der Waals surface area contributed by atoms with Crippen molar-refractivity contribution < 1.29 is 4.74 Å². The van der Waals surface area contributed by atoms with Crippen molar-refractivity contribution in [2.75, 3.05) is 46.4 Å². The third kappa shape index (κ3) is 4.14. The van der Waals surface area contributed by atoms with Crippen molar-refractivity contribution in [2.24, 2.45) is 0 Å². The van der Waals surface area contributed by atoms with E-state index in [4.69, 9.17) is 10.00 Å². The minimum Gasteiger partial charge on any atom is -0.477 e. The first kappa shape index (κ1) is 18.4. The predicted octanol–water partition coefficient (Wildman–Crippen LogP) is 2.28. The lowest BCUT2D eigenvalue weighted by molar-refractivity contribution is 0.145. The monoisotopic (exact) mass is 376 g/mol. The highest BCUT2D eigenvalue weighted by Crippen LogP contribution is 2.22. The van der Waals surface area contributed by atoms with Crippen LogP contribution in [0.4, 0.5) is 0 Å². The molecule has 2 aromatic heterocycles. The second-order valence-electron chi connectivity index (χ2n) is 7.12. The standard InChI is InChI=1S/C21H24N6O/c1-25-9-11-26(12-10-25)8-3-13-28-21-7-6-20-23-16-19(27(20)24-21)18-5-2-4-17(14-18)15-22/h2,4-7,14,16H,3,8-13H2,1H3. The molecule has 3 aromatic rings. The molecule has 1 fully saturated rings. The van der Waals surface area contributed by atoms with E-state index in [0.717, 1.165) is 56.0 Å². The predicted molar refractivity (Wildman–Crippen MR) is 107 cm³/mol. The summed E-state index contributed by atoms with van der Waals surface area (Å²) in [6.07, 6.45) is 2.75. The fraction of sp³-hybridized carbons (Fsp3) is 0.381. The zero-order valence-corrected chi connectivity index (χ0v) is 16.1. The molecule has 28 heavy (non-hydrogen) atoms. The van der Waals surface area contributed by atoms with Crippen LogP contribution >= 0.6 is 0 Å². The van der Waals surface area contributed by atoms with Gasteiger partial charge in [0.25, 0.3) is 0 Å². The van der Waals surface area contributed by atoms with Crippen molar-refractivity contribution >= 4 is 5.65 Å². The molecule has 144 valence electrons. The van der Waals surface area contributed by atoms with Gasteiger partial charge in [-0.2, -0.15) is 5.26 Å². The number of ether oxygens (including phenoxy) is 1.